The van der Waals surface area contributed by atoms with E-state index in [1.165, 1.54) is 38.8 Å². The molecule has 2 N–H and O–H groups in total. The monoisotopic (exact) mass is 252 g/mol. The standard InChI is InChI=1S/C15H28N2O/c1-11-7-17(8-12(11)2)9-15(10-18,13-3-4-13)16-14-5-6-14/h11-14,16,18H,3-10H2,1-2H3. The lowest BCUT2D eigenvalue weighted by Crippen LogP contribution is -2.58. The number of likely N-dealkylation sites (tertiary alicyclic amines) is 1. The number of aliphatic hydroxyl groups excluding tert-OH is 1. The Hall–Kier alpha value is -0.120. The third-order valence-electron chi connectivity index (χ3n) is 5.28. The first-order valence-corrected chi connectivity index (χ1v) is 7.74. The van der Waals surface area contributed by atoms with Crippen LogP contribution in [-0.2, 0) is 0 Å². The van der Waals surface area contributed by atoms with Gasteiger partial charge in [0.2, 0.25) is 0 Å². The summed E-state index contributed by atoms with van der Waals surface area (Å²) in [5.74, 6) is 2.33. The van der Waals surface area contributed by atoms with E-state index in [0.717, 1.165) is 18.4 Å². The van der Waals surface area contributed by atoms with E-state index < -0.39 is 0 Å². The molecule has 1 heterocycles. The third-order valence-corrected chi connectivity index (χ3v) is 5.28. The molecule has 0 radical (unpaired) electrons. The summed E-state index contributed by atoms with van der Waals surface area (Å²) >= 11 is 0. The van der Waals surface area contributed by atoms with E-state index in [9.17, 15) is 5.11 Å². The van der Waals surface area contributed by atoms with Crippen molar-refractivity contribution in [2.24, 2.45) is 17.8 Å². The minimum absolute atomic E-state index is 0.00491. The molecule has 3 fully saturated rings. The lowest BCUT2D eigenvalue weighted by atomic mass is 9.93. The van der Waals surface area contributed by atoms with Crippen LogP contribution in [0.1, 0.15) is 39.5 Å². The van der Waals surface area contributed by atoms with Gasteiger partial charge in [-0.15, -0.1) is 0 Å². The molecule has 3 unspecified atom stereocenters. The maximum Gasteiger partial charge on any atom is 0.0628 e. The van der Waals surface area contributed by atoms with Gasteiger partial charge in [0.25, 0.3) is 0 Å². The van der Waals surface area contributed by atoms with Crippen LogP contribution in [0.3, 0.4) is 0 Å². The number of nitrogens with zero attached hydrogens (tertiary/aromatic N) is 1. The predicted octanol–water partition coefficient (Wildman–Crippen LogP) is 1.47. The maximum absolute atomic E-state index is 9.97. The molecule has 0 bridgehead atoms. The van der Waals surface area contributed by atoms with Crippen LogP contribution in [0.4, 0.5) is 0 Å². The van der Waals surface area contributed by atoms with Crippen molar-refractivity contribution in [3.8, 4) is 0 Å². The van der Waals surface area contributed by atoms with Crippen LogP contribution in [0.5, 0.6) is 0 Å². The Kier molecular flexibility index (Phi) is 3.41. The van der Waals surface area contributed by atoms with Crippen LogP contribution < -0.4 is 5.32 Å². The van der Waals surface area contributed by atoms with Gasteiger partial charge in [0.05, 0.1) is 12.1 Å². The van der Waals surface area contributed by atoms with Gasteiger partial charge in [-0.2, -0.15) is 0 Å². The van der Waals surface area contributed by atoms with Crippen LogP contribution >= 0.6 is 0 Å². The zero-order valence-corrected chi connectivity index (χ0v) is 11.9. The highest BCUT2D eigenvalue weighted by Crippen LogP contribution is 2.42. The summed E-state index contributed by atoms with van der Waals surface area (Å²) in [5.41, 5.74) is 0.00491. The van der Waals surface area contributed by atoms with Gasteiger partial charge in [0, 0.05) is 25.7 Å². The van der Waals surface area contributed by atoms with Gasteiger partial charge < -0.3 is 15.3 Å². The van der Waals surface area contributed by atoms with Gasteiger partial charge in [-0.1, -0.05) is 13.8 Å². The molecule has 0 aromatic heterocycles. The maximum atomic E-state index is 9.97. The Morgan fingerprint density at radius 3 is 2.17 bits per heavy atom. The summed E-state index contributed by atoms with van der Waals surface area (Å²) in [6.07, 6.45) is 5.22. The summed E-state index contributed by atoms with van der Waals surface area (Å²) in [7, 11) is 0. The number of aliphatic hydroxyl groups is 1. The van der Waals surface area contributed by atoms with Crippen LogP contribution in [0.2, 0.25) is 0 Å². The first-order valence-electron chi connectivity index (χ1n) is 7.74. The Bertz CT molecular complexity index is 291. The molecular formula is C15H28N2O. The fraction of sp³-hybridized carbons (Fsp3) is 1.00. The second-order valence-electron chi connectivity index (χ2n) is 7.16. The van der Waals surface area contributed by atoms with Crippen molar-refractivity contribution in [1.29, 1.82) is 0 Å². The smallest absolute Gasteiger partial charge is 0.0628 e. The summed E-state index contributed by atoms with van der Waals surface area (Å²) in [6.45, 7) is 8.50. The molecular weight excluding hydrogens is 224 g/mol. The summed E-state index contributed by atoms with van der Waals surface area (Å²) in [4.78, 5) is 2.58. The zero-order chi connectivity index (χ0) is 12.8. The Morgan fingerprint density at radius 2 is 1.72 bits per heavy atom. The van der Waals surface area contributed by atoms with E-state index in [4.69, 9.17) is 0 Å². The molecule has 3 nitrogen and oxygen atoms in total. The molecule has 0 aromatic rings. The van der Waals surface area contributed by atoms with E-state index in [-0.39, 0.29) is 5.54 Å². The molecule has 1 aliphatic heterocycles. The van der Waals surface area contributed by atoms with Crippen molar-refractivity contribution in [1.82, 2.24) is 10.2 Å². The summed E-state index contributed by atoms with van der Waals surface area (Å²) in [5, 5.41) is 13.7. The van der Waals surface area contributed by atoms with Gasteiger partial charge >= 0.3 is 0 Å². The quantitative estimate of drug-likeness (QED) is 0.751. The third kappa shape index (κ3) is 2.59. The van der Waals surface area contributed by atoms with Crippen molar-refractivity contribution >= 4 is 0 Å². The average Bonchev–Trinajstić information content (AvgIpc) is 3.21. The van der Waals surface area contributed by atoms with E-state index >= 15 is 0 Å². The molecule has 0 aromatic carbocycles. The molecule has 0 amide bonds. The van der Waals surface area contributed by atoms with Crippen molar-refractivity contribution in [3.05, 3.63) is 0 Å². The second-order valence-corrected chi connectivity index (χ2v) is 7.16. The first-order chi connectivity index (χ1) is 8.63. The van der Waals surface area contributed by atoms with Gasteiger partial charge in [-0.25, -0.2) is 0 Å². The minimum Gasteiger partial charge on any atom is -0.394 e. The van der Waals surface area contributed by atoms with Crippen molar-refractivity contribution < 1.29 is 5.11 Å². The van der Waals surface area contributed by atoms with Gasteiger partial charge in [-0.3, -0.25) is 0 Å². The van der Waals surface area contributed by atoms with Crippen molar-refractivity contribution in [2.75, 3.05) is 26.2 Å². The highest BCUT2D eigenvalue weighted by Gasteiger charge is 2.48. The van der Waals surface area contributed by atoms with Gasteiger partial charge in [0.1, 0.15) is 0 Å². The number of rotatable bonds is 6. The van der Waals surface area contributed by atoms with Gasteiger partial charge in [0.15, 0.2) is 0 Å². The first kappa shape index (κ1) is 12.9. The largest absolute Gasteiger partial charge is 0.394 e. The SMILES string of the molecule is CC1CN(CC(CO)(NC2CC2)C2CC2)CC1C. The fourth-order valence-electron chi connectivity index (χ4n) is 3.56. The van der Waals surface area contributed by atoms with E-state index in [1.54, 1.807) is 0 Å². The molecule has 3 aliphatic rings. The molecule has 3 heteroatoms. The Morgan fingerprint density at radius 1 is 1.11 bits per heavy atom. The Balaban J connectivity index is 1.65. The highest BCUT2D eigenvalue weighted by molar-refractivity contribution is 5.06. The second kappa shape index (κ2) is 4.77. The topological polar surface area (TPSA) is 35.5 Å². The lowest BCUT2D eigenvalue weighted by molar-refractivity contribution is 0.0963. The van der Waals surface area contributed by atoms with Crippen LogP contribution in [0, 0.1) is 17.8 Å². The number of hydrogen-bond donors (Lipinski definition) is 2. The normalized spacial score (nSPS) is 36.8. The highest BCUT2D eigenvalue weighted by atomic mass is 16.3. The molecule has 2 aliphatic carbocycles. The lowest BCUT2D eigenvalue weighted by Gasteiger charge is -2.37. The molecule has 3 atom stereocenters. The van der Waals surface area contributed by atoms with E-state index in [0.29, 0.717) is 18.6 Å². The average molecular weight is 252 g/mol. The molecule has 18 heavy (non-hydrogen) atoms. The Labute approximate surface area is 111 Å². The van der Waals surface area contributed by atoms with Crippen molar-refractivity contribution in [3.63, 3.8) is 0 Å². The summed E-state index contributed by atoms with van der Waals surface area (Å²) in [6, 6.07) is 0.690. The predicted molar refractivity (Wildman–Crippen MR) is 73.5 cm³/mol. The van der Waals surface area contributed by atoms with Crippen LogP contribution in [-0.4, -0.2) is 47.8 Å². The molecule has 1 saturated heterocycles. The molecule has 104 valence electrons. The zero-order valence-electron chi connectivity index (χ0n) is 11.9. The molecule has 3 rings (SSSR count). The summed E-state index contributed by atoms with van der Waals surface area (Å²) < 4.78 is 0. The van der Waals surface area contributed by atoms with E-state index in [2.05, 4.69) is 24.1 Å². The minimum atomic E-state index is 0.00491. The molecule has 2 saturated carbocycles. The van der Waals surface area contributed by atoms with Gasteiger partial charge in [-0.05, 0) is 43.4 Å². The molecule has 0 spiro atoms. The number of nitrogens with one attached hydrogen (secondary N) is 1. The number of hydrogen-bond acceptors (Lipinski definition) is 3. The van der Waals surface area contributed by atoms with Crippen molar-refractivity contribution in [2.45, 2.75) is 51.1 Å². The van der Waals surface area contributed by atoms with E-state index in [1.807, 2.05) is 0 Å². The fourth-order valence-corrected chi connectivity index (χ4v) is 3.56. The van der Waals surface area contributed by atoms with Crippen LogP contribution in [0.15, 0.2) is 0 Å². The van der Waals surface area contributed by atoms with Crippen LogP contribution in [0.25, 0.3) is 0 Å².